The predicted molar refractivity (Wildman–Crippen MR) is 164 cm³/mol. The molecule has 3 N–H and O–H groups in total. The van der Waals surface area contributed by atoms with Gasteiger partial charge in [0.25, 0.3) is 11.1 Å². The van der Waals surface area contributed by atoms with Gasteiger partial charge in [0.1, 0.15) is 22.3 Å². The number of nitrogens with zero attached hydrogens (tertiary/aromatic N) is 2. The third-order valence-corrected chi connectivity index (χ3v) is 7.34. The fraction of sp³-hybridized carbons (Fsp3) is 0.364. The van der Waals surface area contributed by atoms with E-state index in [1.165, 1.54) is 18.2 Å². The molecule has 1 saturated heterocycles. The number of benzene rings is 2. The number of aromatic nitrogens is 4. The Kier molecular flexibility index (Phi) is 10.1. The Hall–Kier alpha value is -4.12. The molecule has 1 unspecified atom stereocenters. The normalized spacial score (nSPS) is 16.8. The zero-order valence-electron chi connectivity index (χ0n) is 24.6. The molecule has 1 aliphatic rings. The smallest absolute Gasteiger partial charge is 0.272 e. The van der Waals surface area contributed by atoms with Crippen molar-refractivity contribution in [3.8, 4) is 0 Å². The molecule has 0 saturated carbocycles. The minimum atomic E-state index is -0.480. The first-order valence-corrected chi connectivity index (χ1v) is 14.7. The summed E-state index contributed by atoms with van der Waals surface area (Å²) < 4.78 is 25.3. The molecule has 2 aromatic heterocycles. The summed E-state index contributed by atoms with van der Waals surface area (Å²) in [6, 6.07) is 15.9. The van der Waals surface area contributed by atoms with Crippen LogP contribution in [0.1, 0.15) is 54.5 Å². The van der Waals surface area contributed by atoms with E-state index >= 15 is 0 Å². The summed E-state index contributed by atoms with van der Waals surface area (Å²) in [6.07, 6.45) is 4.74. The monoisotopic (exact) mass is 587 g/mol. The summed E-state index contributed by atoms with van der Waals surface area (Å²) in [7, 11) is 0. The standard InChI is InChI=1S/C33H38FN5O4/c1-22(2)31-27(18-29-33(41)36-28(32(40)37-29)17-24-10-6-11-25(34)16-24)35-30(38-31)12-7-13-39-14-15-43-26(19-39)21-42-20-23-8-4-3-5-9-23/h3-6,8-11,16-18,22,26H,7,12-15,19-21H2,1-2H3,(H,35,38)(H,36,41)(H,37,40)/b28-17-,29-18-. The zero-order valence-corrected chi connectivity index (χ0v) is 24.6. The van der Waals surface area contributed by atoms with Gasteiger partial charge in [-0.3, -0.25) is 14.5 Å². The van der Waals surface area contributed by atoms with E-state index in [2.05, 4.69) is 32.0 Å². The van der Waals surface area contributed by atoms with Gasteiger partial charge in [-0.25, -0.2) is 9.37 Å². The van der Waals surface area contributed by atoms with E-state index in [9.17, 15) is 14.0 Å². The maximum Gasteiger partial charge on any atom is 0.272 e. The number of aryl methyl sites for hydroxylation is 1. The lowest BCUT2D eigenvalue weighted by Gasteiger charge is -2.32. The van der Waals surface area contributed by atoms with Gasteiger partial charge in [0.2, 0.25) is 0 Å². The van der Waals surface area contributed by atoms with Gasteiger partial charge in [0.15, 0.2) is 0 Å². The van der Waals surface area contributed by atoms with Crippen LogP contribution in [0.5, 0.6) is 0 Å². The third-order valence-electron chi connectivity index (χ3n) is 7.34. The molecule has 0 aliphatic carbocycles. The second-order valence-electron chi connectivity index (χ2n) is 11.1. The molecule has 2 aromatic carbocycles. The molecular weight excluding hydrogens is 549 g/mol. The maximum atomic E-state index is 13.5. The molecule has 4 aromatic rings. The molecule has 0 spiro atoms. The van der Waals surface area contributed by atoms with E-state index in [0.717, 1.165) is 49.6 Å². The van der Waals surface area contributed by atoms with Crippen molar-refractivity contribution in [1.82, 2.24) is 24.8 Å². The molecule has 0 radical (unpaired) electrons. The number of hydrogen-bond acceptors (Lipinski definition) is 6. The first kappa shape index (κ1) is 30.3. The summed E-state index contributed by atoms with van der Waals surface area (Å²) in [5.41, 5.74) is 2.20. The molecule has 9 nitrogen and oxygen atoms in total. The SMILES string of the molecule is CC(C)c1[nH]c(CCCN2CCOC(COCc3ccccc3)C2)nc1/C=c1\[nH]c(=O)/c(=C/c2cccc(F)c2)[nH]c1=O. The number of halogens is 1. The lowest BCUT2D eigenvalue weighted by atomic mass is 10.1. The number of aromatic amines is 3. The van der Waals surface area contributed by atoms with Gasteiger partial charge >= 0.3 is 0 Å². The Bertz CT molecular complexity index is 1750. The van der Waals surface area contributed by atoms with Crippen LogP contribution in [0.3, 0.4) is 0 Å². The number of morpholine rings is 1. The molecule has 10 heteroatoms. The van der Waals surface area contributed by atoms with Gasteiger partial charge in [-0.2, -0.15) is 0 Å². The van der Waals surface area contributed by atoms with Crippen molar-refractivity contribution in [2.75, 3.05) is 32.8 Å². The molecule has 1 atom stereocenters. The molecule has 1 aliphatic heterocycles. The molecule has 226 valence electrons. The Labute approximate surface area is 249 Å². The van der Waals surface area contributed by atoms with E-state index in [4.69, 9.17) is 14.5 Å². The molecule has 5 rings (SSSR count). The first-order chi connectivity index (χ1) is 20.8. The first-order valence-electron chi connectivity index (χ1n) is 14.7. The van der Waals surface area contributed by atoms with E-state index in [0.29, 0.717) is 31.1 Å². The van der Waals surface area contributed by atoms with Crippen molar-refractivity contribution in [2.45, 2.75) is 45.3 Å². The van der Waals surface area contributed by atoms with Crippen LogP contribution in [0.4, 0.5) is 4.39 Å². The zero-order chi connectivity index (χ0) is 30.2. The van der Waals surface area contributed by atoms with Crippen LogP contribution in [0.2, 0.25) is 0 Å². The number of H-pyrrole nitrogens is 3. The summed E-state index contributed by atoms with van der Waals surface area (Å²) in [6.45, 7) is 8.53. The molecule has 3 heterocycles. The predicted octanol–water partition coefficient (Wildman–Crippen LogP) is 2.56. The van der Waals surface area contributed by atoms with Gasteiger partial charge in [-0.05, 0) is 54.3 Å². The van der Waals surface area contributed by atoms with Gasteiger partial charge in [0.05, 0.1) is 31.6 Å². The average Bonchev–Trinajstić information content (AvgIpc) is 3.39. The minimum Gasteiger partial charge on any atom is -0.374 e. The molecule has 1 fully saturated rings. The Morgan fingerprint density at radius 2 is 1.81 bits per heavy atom. The van der Waals surface area contributed by atoms with Crippen molar-refractivity contribution in [1.29, 1.82) is 0 Å². The fourth-order valence-electron chi connectivity index (χ4n) is 5.15. The highest BCUT2D eigenvalue weighted by atomic mass is 19.1. The van der Waals surface area contributed by atoms with E-state index in [1.807, 2.05) is 32.0 Å². The lowest BCUT2D eigenvalue weighted by molar-refractivity contribution is -0.0722. The van der Waals surface area contributed by atoms with E-state index in [1.54, 1.807) is 18.2 Å². The minimum absolute atomic E-state index is 0.0488. The van der Waals surface area contributed by atoms with Crippen LogP contribution in [-0.2, 0) is 22.5 Å². The van der Waals surface area contributed by atoms with Crippen LogP contribution in [0, 0.1) is 5.82 Å². The third kappa shape index (κ3) is 8.47. The molecule has 0 bridgehead atoms. The van der Waals surface area contributed by atoms with Crippen molar-refractivity contribution < 1.29 is 13.9 Å². The van der Waals surface area contributed by atoms with E-state index < -0.39 is 16.9 Å². The van der Waals surface area contributed by atoms with Crippen LogP contribution in [0.15, 0.2) is 64.2 Å². The van der Waals surface area contributed by atoms with Crippen LogP contribution < -0.4 is 21.8 Å². The lowest BCUT2D eigenvalue weighted by Crippen LogP contribution is -2.46. The van der Waals surface area contributed by atoms with E-state index in [-0.39, 0.29) is 22.7 Å². The average molecular weight is 588 g/mol. The van der Waals surface area contributed by atoms with Gasteiger partial charge in [-0.1, -0.05) is 56.3 Å². The summed E-state index contributed by atoms with van der Waals surface area (Å²) in [4.78, 5) is 41.4. The van der Waals surface area contributed by atoms with Crippen molar-refractivity contribution >= 4 is 12.2 Å². The van der Waals surface area contributed by atoms with Crippen molar-refractivity contribution in [3.05, 3.63) is 120 Å². The molecule has 0 amide bonds. The Morgan fingerprint density at radius 3 is 2.56 bits per heavy atom. The highest BCUT2D eigenvalue weighted by Gasteiger charge is 2.21. The maximum absolute atomic E-state index is 13.5. The number of hydrogen-bond donors (Lipinski definition) is 3. The molecular formula is C33H38FN5O4. The highest BCUT2D eigenvalue weighted by Crippen LogP contribution is 2.18. The Balaban J connectivity index is 1.21. The van der Waals surface area contributed by atoms with Gasteiger partial charge in [-0.15, -0.1) is 0 Å². The fourth-order valence-corrected chi connectivity index (χ4v) is 5.15. The topological polar surface area (TPSA) is 116 Å². The quantitative estimate of drug-likeness (QED) is 0.249. The van der Waals surface area contributed by atoms with Crippen molar-refractivity contribution in [2.24, 2.45) is 0 Å². The molecule has 43 heavy (non-hydrogen) atoms. The highest BCUT2D eigenvalue weighted by molar-refractivity contribution is 5.49. The van der Waals surface area contributed by atoms with Gasteiger partial charge in [0, 0.05) is 25.2 Å². The summed E-state index contributed by atoms with van der Waals surface area (Å²) in [5, 5.41) is 0.155. The number of ether oxygens (including phenoxy) is 2. The number of nitrogens with one attached hydrogen (secondary N) is 3. The second-order valence-corrected chi connectivity index (χ2v) is 11.1. The van der Waals surface area contributed by atoms with Crippen LogP contribution in [-0.4, -0.2) is 63.8 Å². The number of imidazole rings is 1. The number of rotatable bonds is 11. The second kappa shape index (κ2) is 14.4. The summed E-state index contributed by atoms with van der Waals surface area (Å²) >= 11 is 0. The largest absolute Gasteiger partial charge is 0.374 e. The van der Waals surface area contributed by atoms with Crippen LogP contribution >= 0.6 is 0 Å². The Morgan fingerprint density at radius 1 is 1.05 bits per heavy atom. The van der Waals surface area contributed by atoms with Gasteiger partial charge < -0.3 is 24.4 Å². The van der Waals surface area contributed by atoms with Crippen molar-refractivity contribution in [3.63, 3.8) is 0 Å². The summed E-state index contributed by atoms with van der Waals surface area (Å²) in [5.74, 6) is 0.543. The van der Waals surface area contributed by atoms with Crippen LogP contribution in [0.25, 0.3) is 12.2 Å².